The number of fused-ring (bicyclic) bond motifs is 1. The number of aromatic nitrogens is 5. The fourth-order valence-corrected chi connectivity index (χ4v) is 3.86. The molecule has 37 heavy (non-hydrogen) atoms. The second-order valence-electron chi connectivity index (χ2n) is 7.88. The second-order valence-corrected chi connectivity index (χ2v) is 7.88. The Balaban J connectivity index is 1.78. The maximum absolute atomic E-state index is 14.5. The van der Waals surface area contributed by atoms with Crippen LogP contribution in [0.3, 0.4) is 0 Å². The number of ketones is 1. The summed E-state index contributed by atoms with van der Waals surface area (Å²) < 4.78 is 254. The van der Waals surface area contributed by atoms with Crippen molar-refractivity contribution in [3.63, 3.8) is 0 Å². The van der Waals surface area contributed by atoms with Gasteiger partial charge < -0.3 is 4.74 Å². The molecule has 0 spiro atoms. The molecule has 3 aromatic heterocycles. The van der Waals surface area contributed by atoms with E-state index in [1.807, 2.05) is 0 Å². The molecule has 1 saturated carbocycles. The SMILES string of the molecule is [2H]c1c(C([2H])([2H])C([2H])([2H])[2H])nc(C([2H])([2H])C([2H])([2H])[2H])c([2H])c1CC[C@]1(C2([2H])C([2H])([2H])C([2H])([2H])C([2H])([2H])C2([2H])[2H])CC(=O)C(C([2H])([2H])c2nc3nc(C([2H])([2H])[2H])c([2H])c(C([2H])([2H])[2H])n3n2)C(=O)O1. The van der Waals surface area contributed by atoms with Crippen LogP contribution in [0.15, 0.2) is 18.1 Å². The van der Waals surface area contributed by atoms with Crippen LogP contribution in [0.4, 0.5) is 0 Å². The number of ether oxygens (including phenoxy) is 1. The van der Waals surface area contributed by atoms with Crippen molar-refractivity contribution in [3.05, 3.63) is 52.3 Å². The maximum atomic E-state index is 14.5. The zero-order valence-electron chi connectivity index (χ0n) is 48.7. The summed E-state index contributed by atoms with van der Waals surface area (Å²) in [5.74, 6) is -13.3. The van der Waals surface area contributed by atoms with E-state index in [0.29, 0.717) is 0 Å². The van der Waals surface area contributed by atoms with Crippen LogP contribution in [-0.4, -0.2) is 41.9 Å². The molecule has 0 radical (unpaired) electrons. The maximum Gasteiger partial charge on any atom is 0.317 e. The molecule has 1 aliphatic heterocycles. The topological polar surface area (TPSA) is 99.3 Å². The summed E-state index contributed by atoms with van der Waals surface area (Å²) >= 11 is 0. The van der Waals surface area contributed by atoms with Crippen molar-refractivity contribution in [2.24, 2.45) is 11.8 Å². The number of carbonyl (C=O) groups is 2. The third kappa shape index (κ3) is 5.15. The lowest BCUT2D eigenvalue weighted by Crippen LogP contribution is -2.52. The second kappa shape index (κ2) is 10.3. The van der Waals surface area contributed by atoms with Gasteiger partial charge in [-0.2, -0.15) is 4.98 Å². The van der Waals surface area contributed by atoms with E-state index >= 15 is 0 Å². The van der Waals surface area contributed by atoms with Crippen LogP contribution < -0.4 is 0 Å². The molecular formula is C29H37N5O3. The highest BCUT2D eigenvalue weighted by molar-refractivity contribution is 6.01. The Bertz CT molecular complexity index is 2440. The number of cyclic esters (lactones) is 1. The Kier molecular flexibility index (Phi) is 2.21. The zero-order valence-corrected chi connectivity index (χ0v) is 18.7. The molecule has 1 saturated heterocycles. The largest absolute Gasteiger partial charge is 0.458 e. The van der Waals surface area contributed by atoms with Crippen molar-refractivity contribution in [3.8, 4) is 0 Å². The molecule has 1 aliphatic carbocycles. The van der Waals surface area contributed by atoms with Crippen LogP contribution in [0, 0.1) is 25.5 Å². The van der Waals surface area contributed by atoms with Crippen molar-refractivity contribution < 1.29 is 55.4 Å². The number of carbonyl (C=O) groups excluding carboxylic acids is 2. The molecule has 0 bridgehead atoms. The molecule has 2 atom stereocenters. The van der Waals surface area contributed by atoms with Gasteiger partial charge in [0.05, 0.1) is 4.11 Å². The van der Waals surface area contributed by atoms with Crippen LogP contribution in [0.2, 0.25) is 0 Å². The zero-order chi connectivity index (χ0) is 52.2. The summed E-state index contributed by atoms with van der Waals surface area (Å²) in [5, 5.41) is 3.68. The van der Waals surface area contributed by atoms with E-state index in [9.17, 15) is 11.0 Å². The predicted octanol–water partition coefficient (Wildman–Crippen LogP) is 4.50. The highest BCUT2D eigenvalue weighted by atomic mass is 16.6. The van der Waals surface area contributed by atoms with Gasteiger partial charge in [0.1, 0.15) is 11.5 Å². The Morgan fingerprint density at radius 1 is 1.16 bits per heavy atom. The normalized spacial score (nSPS) is 43.4. The standard InChI is InChI=1S/C29H37N5O3/c1-5-22-14-20(15-23(6-2)31-22)11-12-29(21-9-7-8-10-21)17-25(35)24(27(36)37-29)16-26-32-28-30-18(3)13-19(4)34(28)33-26/h13-15,21,24H,5-12,16-17H2,1-4H3/t24?,29-/m1/s1/i1D3,2D3,3D3,4D3,5D2,6D2,7D2,8D2,9D2,10D2,13D,14D,15D,16D2,21D. The molecule has 8 nitrogen and oxygen atoms in total. The molecule has 0 amide bonds. The molecule has 196 valence electrons. The van der Waals surface area contributed by atoms with Gasteiger partial charge in [0.15, 0.2) is 11.6 Å². The van der Waals surface area contributed by atoms with Gasteiger partial charge in [-0.15, -0.1) is 5.10 Å². The van der Waals surface area contributed by atoms with Gasteiger partial charge in [-0.05, 0) is 81.6 Å². The Hall–Kier alpha value is -3.16. The minimum atomic E-state index is -4.21. The molecule has 8 heteroatoms. The minimum Gasteiger partial charge on any atom is -0.458 e. The third-order valence-corrected chi connectivity index (χ3v) is 5.51. The fraction of sp³-hybridized carbons (Fsp3) is 0.586. The van der Waals surface area contributed by atoms with E-state index in [4.69, 9.17) is 44.5 Å². The smallest absolute Gasteiger partial charge is 0.317 e. The van der Waals surface area contributed by atoms with Crippen molar-refractivity contribution in [2.75, 3.05) is 0 Å². The van der Waals surface area contributed by atoms with Gasteiger partial charge in [-0.1, -0.05) is 26.4 Å². The van der Waals surface area contributed by atoms with Crippen LogP contribution in [0.1, 0.15) is 127 Å². The van der Waals surface area contributed by atoms with E-state index in [1.54, 1.807) is 0 Å². The van der Waals surface area contributed by atoms with E-state index in [1.165, 1.54) is 0 Å². The van der Waals surface area contributed by atoms with Gasteiger partial charge >= 0.3 is 5.97 Å². The monoisotopic (exact) mass is 533 g/mol. The molecule has 0 aromatic carbocycles. The molecule has 3 aromatic rings. The van der Waals surface area contributed by atoms with Gasteiger partial charge in [-0.25, -0.2) is 9.50 Å². The average Bonchev–Trinajstić information content (AvgIpc) is 3.57. The van der Waals surface area contributed by atoms with Crippen molar-refractivity contribution in [1.29, 1.82) is 0 Å². The molecule has 2 aliphatic rings. The Morgan fingerprint density at radius 3 is 2.62 bits per heavy atom. The molecule has 2 fully saturated rings. The molecule has 5 rings (SSSR count). The van der Waals surface area contributed by atoms with E-state index in [0.717, 1.165) is 0 Å². The number of aryl methyl sites for hydroxylation is 4. The number of pyridine rings is 1. The lowest BCUT2D eigenvalue weighted by atomic mass is 9.73. The number of esters is 1. The highest BCUT2D eigenvalue weighted by Gasteiger charge is 2.51. The third-order valence-electron chi connectivity index (χ3n) is 5.51. The van der Waals surface area contributed by atoms with Crippen molar-refractivity contribution >= 4 is 17.5 Å². The van der Waals surface area contributed by atoms with Crippen molar-refractivity contribution in [2.45, 2.75) is 96.9 Å². The number of Topliss-reactive ketones (excluding diaryl/α,β-unsaturated/α-hetero) is 1. The van der Waals surface area contributed by atoms with Crippen LogP contribution in [0.5, 0.6) is 0 Å². The first-order valence-corrected chi connectivity index (χ1v) is 10.6. The molecular weight excluding hydrogens is 466 g/mol. The summed E-state index contributed by atoms with van der Waals surface area (Å²) in [7, 11) is 0. The van der Waals surface area contributed by atoms with Crippen LogP contribution in [-0.2, 0) is 39.9 Å². The van der Waals surface area contributed by atoms with Crippen LogP contribution >= 0.6 is 0 Å². The van der Waals surface area contributed by atoms with E-state index in [2.05, 4.69) is 20.1 Å². The molecule has 0 N–H and O–H groups in total. The quantitative estimate of drug-likeness (QED) is 0.310. The molecule has 1 unspecified atom stereocenters. The van der Waals surface area contributed by atoms with Gasteiger partial charge in [0.25, 0.3) is 5.78 Å². The van der Waals surface area contributed by atoms with Crippen molar-refractivity contribution in [1.82, 2.24) is 24.6 Å². The Labute approximate surface area is 260 Å². The summed E-state index contributed by atoms with van der Waals surface area (Å²) in [6, 6.07) is -3.96. The minimum absolute atomic E-state index is 0.239. The number of rotatable bonds is 8. The number of hydrogen-bond acceptors (Lipinski definition) is 7. The predicted molar refractivity (Wildman–Crippen MR) is 139 cm³/mol. The summed E-state index contributed by atoms with van der Waals surface area (Å²) in [6.45, 7) is -14.1. The molecule has 4 heterocycles. The highest BCUT2D eigenvalue weighted by Crippen LogP contribution is 2.45. The van der Waals surface area contributed by atoms with Gasteiger partial charge in [-0.3, -0.25) is 14.6 Å². The first kappa shape index (κ1) is 7.93. The summed E-state index contributed by atoms with van der Waals surface area (Å²) in [4.78, 5) is 39.6. The van der Waals surface area contributed by atoms with Gasteiger partial charge in [0, 0.05) is 72.6 Å². The van der Waals surface area contributed by atoms with Gasteiger partial charge in [0.2, 0.25) is 0 Å². The number of nitrogens with zero attached hydrogens (tertiary/aromatic N) is 5. The fourth-order valence-electron chi connectivity index (χ4n) is 3.86. The first-order valence-electron chi connectivity index (χ1n) is 25.6. The summed E-state index contributed by atoms with van der Waals surface area (Å²) in [6.07, 6.45) is -32.4. The van der Waals surface area contributed by atoms with Crippen LogP contribution in [0.25, 0.3) is 5.78 Å². The number of hydrogen-bond donors (Lipinski definition) is 0. The first-order chi connectivity index (χ1) is 29.5. The van der Waals surface area contributed by atoms with E-state index in [-0.39, 0.29) is 4.52 Å². The summed E-state index contributed by atoms with van der Waals surface area (Å²) in [5.41, 5.74) is -10.0. The lowest BCUT2D eigenvalue weighted by molar-refractivity contribution is -0.185. The lowest BCUT2D eigenvalue weighted by Gasteiger charge is -2.43. The van der Waals surface area contributed by atoms with E-state index < -0.39 is 179 Å². The average molecular weight is 534 g/mol. The Morgan fingerprint density at radius 2 is 1.95 bits per heavy atom.